The molecule has 5 nitrogen and oxygen atoms in total. The SMILES string of the molecule is CCN(CC)C(=O)c1cccc(NC(=O)CCOc2cccc(Br)c2)c1. The van der Waals surface area contributed by atoms with Gasteiger partial charge in [-0.15, -0.1) is 0 Å². The number of amides is 2. The number of halogens is 1. The highest BCUT2D eigenvalue weighted by atomic mass is 79.9. The molecule has 0 saturated carbocycles. The van der Waals surface area contributed by atoms with Gasteiger partial charge < -0.3 is 15.0 Å². The first-order chi connectivity index (χ1) is 12.5. The van der Waals surface area contributed by atoms with E-state index in [2.05, 4.69) is 21.2 Å². The Balaban J connectivity index is 1.88. The van der Waals surface area contributed by atoms with Crippen LogP contribution in [-0.2, 0) is 4.79 Å². The van der Waals surface area contributed by atoms with Gasteiger partial charge in [0.05, 0.1) is 13.0 Å². The molecule has 0 unspecified atom stereocenters. The predicted octanol–water partition coefficient (Wildman–Crippen LogP) is 4.34. The first-order valence-electron chi connectivity index (χ1n) is 8.61. The smallest absolute Gasteiger partial charge is 0.253 e. The number of nitrogens with one attached hydrogen (secondary N) is 1. The molecule has 0 spiro atoms. The number of rotatable bonds is 8. The molecule has 6 heteroatoms. The Morgan fingerprint density at radius 2 is 1.81 bits per heavy atom. The van der Waals surface area contributed by atoms with E-state index in [1.54, 1.807) is 29.2 Å². The Morgan fingerprint density at radius 1 is 1.08 bits per heavy atom. The van der Waals surface area contributed by atoms with Crippen LogP contribution in [-0.4, -0.2) is 36.4 Å². The van der Waals surface area contributed by atoms with E-state index in [0.717, 1.165) is 4.47 Å². The Hall–Kier alpha value is -2.34. The molecule has 2 amide bonds. The highest BCUT2D eigenvalue weighted by Gasteiger charge is 2.13. The first-order valence-corrected chi connectivity index (χ1v) is 9.40. The maximum atomic E-state index is 12.4. The van der Waals surface area contributed by atoms with Crippen LogP contribution in [0.25, 0.3) is 0 Å². The highest BCUT2D eigenvalue weighted by Crippen LogP contribution is 2.18. The van der Waals surface area contributed by atoms with Crippen LogP contribution in [0.2, 0.25) is 0 Å². The molecule has 0 aromatic heterocycles. The Bertz CT molecular complexity index is 760. The van der Waals surface area contributed by atoms with E-state index in [0.29, 0.717) is 30.1 Å². The number of hydrogen-bond acceptors (Lipinski definition) is 3. The van der Waals surface area contributed by atoms with Gasteiger partial charge in [0.25, 0.3) is 5.91 Å². The van der Waals surface area contributed by atoms with E-state index in [-0.39, 0.29) is 24.8 Å². The number of ether oxygens (including phenoxy) is 1. The topological polar surface area (TPSA) is 58.6 Å². The van der Waals surface area contributed by atoms with E-state index >= 15 is 0 Å². The fourth-order valence-electron chi connectivity index (χ4n) is 2.47. The third-order valence-corrected chi connectivity index (χ3v) is 4.33. The average molecular weight is 419 g/mol. The van der Waals surface area contributed by atoms with E-state index < -0.39 is 0 Å². The van der Waals surface area contributed by atoms with Gasteiger partial charge in [-0.25, -0.2) is 0 Å². The van der Waals surface area contributed by atoms with Gasteiger partial charge in [-0.2, -0.15) is 0 Å². The zero-order valence-electron chi connectivity index (χ0n) is 15.0. The molecule has 1 N–H and O–H groups in total. The molecule has 0 atom stereocenters. The summed E-state index contributed by atoms with van der Waals surface area (Å²) in [5.41, 5.74) is 1.17. The van der Waals surface area contributed by atoms with Crippen molar-refractivity contribution in [2.75, 3.05) is 25.0 Å². The van der Waals surface area contributed by atoms with Crippen molar-refractivity contribution in [2.45, 2.75) is 20.3 Å². The zero-order chi connectivity index (χ0) is 18.9. The fraction of sp³-hybridized carbons (Fsp3) is 0.300. The van der Waals surface area contributed by atoms with Gasteiger partial charge in [0.2, 0.25) is 5.91 Å². The first kappa shape index (κ1) is 20.0. The lowest BCUT2D eigenvalue weighted by molar-refractivity contribution is -0.116. The van der Waals surface area contributed by atoms with E-state index in [4.69, 9.17) is 4.74 Å². The number of carbonyl (C=O) groups is 2. The lowest BCUT2D eigenvalue weighted by atomic mass is 10.1. The van der Waals surface area contributed by atoms with Crippen LogP contribution in [0.15, 0.2) is 53.0 Å². The van der Waals surface area contributed by atoms with E-state index in [1.807, 2.05) is 38.1 Å². The van der Waals surface area contributed by atoms with Crippen LogP contribution >= 0.6 is 15.9 Å². The largest absolute Gasteiger partial charge is 0.493 e. The summed E-state index contributed by atoms with van der Waals surface area (Å²) in [6, 6.07) is 14.5. The minimum absolute atomic E-state index is 0.0379. The summed E-state index contributed by atoms with van der Waals surface area (Å²) in [4.78, 5) is 26.2. The predicted molar refractivity (Wildman–Crippen MR) is 107 cm³/mol. The fourth-order valence-corrected chi connectivity index (χ4v) is 2.84. The molecule has 26 heavy (non-hydrogen) atoms. The van der Waals surface area contributed by atoms with Crippen molar-refractivity contribution in [1.29, 1.82) is 0 Å². The van der Waals surface area contributed by atoms with Gasteiger partial charge in [-0.1, -0.05) is 28.1 Å². The number of hydrogen-bond donors (Lipinski definition) is 1. The zero-order valence-corrected chi connectivity index (χ0v) is 16.6. The molecular weight excluding hydrogens is 396 g/mol. The molecule has 0 aliphatic carbocycles. The minimum Gasteiger partial charge on any atom is -0.493 e. The van der Waals surface area contributed by atoms with Crippen LogP contribution in [0.1, 0.15) is 30.6 Å². The van der Waals surface area contributed by atoms with E-state index in [1.165, 1.54) is 0 Å². The molecule has 2 aromatic rings. The summed E-state index contributed by atoms with van der Waals surface area (Å²) in [5.74, 6) is 0.510. The lowest BCUT2D eigenvalue weighted by Crippen LogP contribution is -2.30. The van der Waals surface area contributed by atoms with Crippen molar-refractivity contribution in [3.8, 4) is 5.75 Å². The van der Waals surface area contributed by atoms with Gasteiger partial charge in [-0.05, 0) is 50.2 Å². The molecule has 0 radical (unpaired) electrons. The number of benzene rings is 2. The van der Waals surface area contributed by atoms with Crippen molar-refractivity contribution >= 4 is 33.4 Å². The lowest BCUT2D eigenvalue weighted by Gasteiger charge is -2.19. The molecular formula is C20H23BrN2O3. The Morgan fingerprint density at radius 3 is 2.50 bits per heavy atom. The molecule has 0 bridgehead atoms. The third-order valence-electron chi connectivity index (χ3n) is 3.84. The van der Waals surface area contributed by atoms with Crippen LogP contribution in [0.3, 0.4) is 0 Å². The molecule has 0 aliphatic heterocycles. The second-order valence-electron chi connectivity index (χ2n) is 5.66. The average Bonchev–Trinajstić information content (AvgIpc) is 2.63. The van der Waals surface area contributed by atoms with Crippen molar-refractivity contribution in [3.05, 3.63) is 58.6 Å². The summed E-state index contributed by atoms with van der Waals surface area (Å²) < 4.78 is 6.49. The number of nitrogens with zero attached hydrogens (tertiary/aromatic N) is 1. The maximum Gasteiger partial charge on any atom is 0.253 e. The van der Waals surface area contributed by atoms with Crippen molar-refractivity contribution in [1.82, 2.24) is 4.90 Å². The Labute approximate surface area is 162 Å². The summed E-state index contributed by atoms with van der Waals surface area (Å²) in [6.07, 6.45) is 0.223. The van der Waals surface area contributed by atoms with Crippen molar-refractivity contribution in [3.63, 3.8) is 0 Å². The van der Waals surface area contributed by atoms with Gasteiger partial charge in [0, 0.05) is 28.8 Å². The normalized spacial score (nSPS) is 10.3. The third kappa shape index (κ3) is 5.88. The maximum absolute atomic E-state index is 12.4. The van der Waals surface area contributed by atoms with Crippen LogP contribution in [0.4, 0.5) is 5.69 Å². The molecule has 2 aromatic carbocycles. The second kappa shape index (κ2) is 9.97. The van der Waals surface area contributed by atoms with Gasteiger partial charge >= 0.3 is 0 Å². The molecule has 0 aliphatic rings. The van der Waals surface area contributed by atoms with Crippen molar-refractivity contribution < 1.29 is 14.3 Å². The van der Waals surface area contributed by atoms with E-state index in [9.17, 15) is 9.59 Å². The van der Waals surface area contributed by atoms with Crippen LogP contribution < -0.4 is 10.1 Å². The molecule has 2 rings (SSSR count). The second-order valence-corrected chi connectivity index (χ2v) is 6.58. The Kier molecular flexibility index (Phi) is 7.66. The monoisotopic (exact) mass is 418 g/mol. The highest BCUT2D eigenvalue weighted by molar-refractivity contribution is 9.10. The van der Waals surface area contributed by atoms with Crippen molar-refractivity contribution in [2.24, 2.45) is 0 Å². The summed E-state index contributed by atoms with van der Waals surface area (Å²) in [5, 5.41) is 2.81. The molecule has 0 heterocycles. The standard InChI is InChI=1S/C20H23BrN2O3/c1-3-23(4-2)20(25)15-7-5-9-17(13-15)22-19(24)11-12-26-18-10-6-8-16(21)14-18/h5-10,13-14H,3-4,11-12H2,1-2H3,(H,22,24). The number of anilines is 1. The summed E-state index contributed by atoms with van der Waals surface area (Å²) >= 11 is 3.38. The molecule has 138 valence electrons. The molecule has 0 saturated heterocycles. The van der Waals surface area contributed by atoms with Crippen LogP contribution in [0.5, 0.6) is 5.75 Å². The summed E-state index contributed by atoms with van der Waals surface area (Å²) in [7, 11) is 0. The van der Waals surface area contributed by atoms with Gasteiger partial charge in [0.15, 0.2) is 0 Å². The quantitative estimate of drug-likeness (QED) is 0.693. The number of carbonyl (C=O) groups excluding carboxylic acids is 2. The molecule has 0 fully saturated rings. The van der Waals surface area contributed by atoms with Gasteiger partial charge in [0.1, 0.15) is 5.75 Å². The van der Waals surface area contributed by atoms with Gasteiger partial charge in [-0.3, -0.25) is 9.59 Å². The van der Waals surface area contributed by atoms with Crippen LogP contribution in [0, 0.1) is 0 Å². The summed E-state index contributed by atoms with van der Waals surface area (Å²) in [6.45, 7) is 5.47. The minimum atomic E-state index is -0.160.